The van der Waals surface area contributed by atoms with E-state index in [2.05, 4.69) is 5.32 Å². The highest BCUT2D eigenvalue weighted by atomic mass is 35.5. The standard InChI is InChI=1S/C18H18ClFN2O2/c1-3-22(4-2)18(24)12-9-10-14(19)16(11-12)21-17(23)13-7-5-6-8-15(13)20/h5-11H,3-4H2,1-2H3,(H,21,23). The molecule has 0 aliphatic rings. The van der Waals surface area contributed by atoms with Gasteiger partial charge in [0.1, 0.15) is 5.82 Å². The number of carbonyl (C=O) groups excluding carboxylic acids is 2. The number of nitrogens with zero attached hydrogens (tertiary/aromatic N) is 1. The second-order valence-electron chi connectivity index (χ2n) is 5.11. The minimum atomic E-state index is -0.624. The van der Waals surface area contributed by atoms with Gasteiger partial charge in [0, 0.05) is 18.7 Å². The fraction of sp³-hybridized carbons (Fsp3) is 0.222. The van der Waals surface area contributed by atoms with Crippen molar-refractivity contribution in [2.45, 2.75) is 13.8 Å². The maximum absolute atomic E-state index is 13.7. The monoisotopic (exact) mass is 348 g/mol. The van der Waals surface area contributed by atoms with Gasteiger partial charge in [-0.25, -0.2) is 4.39 Å². The SMILES string of the molecule is CCN(CC)C(=O)c1ccc(Cl)c(NC(=O)c2ccccc2F)c1. The van der Waals surface area contributed by atoms with Crippen molar-refractivity contribution in [2.24, 2.45) is 0 Å². The van der Waals surface area contributed by atoms with Crippen LogP contribution in [0, 0.1) is 5.82 Å². The van der Waals surface area contributed by atoms with E-state index < -0.39 is 11.7 Å². The van der Waals surface area contributed by atoms with Crippen LogP contribution in [0.4, 0.5) is 10.1 Å². The maximum atomic E-state index is 13.7. The van der Waals surface area contributed by atoms with Crippen LogP contribution in [-0.2, 0) is 0 Å². The van der Waals surface area contributed by atoms with Crippen LogP contribution in [0.5, 0.6) is 0 Å². The summed E-state index contributed by atoms with van der Waals surface area (Å²) < 4.78 is 13.7. The maximum Gasteiger partial charge on any atom is 0.258 e. The van der Waals surface area contributed by atoms with Gasteiger partial charge in [-0.15, -0.1) is 0 Å². The molecule has 0 unspecified atom stereocenters. The Morgan fingerprint density at radius 3 is 2.42 bits per heavy atom. The van der Waals surface area contributed by atoms with Gasteiger partial charge in [0.05, 0.1) is 16.3 Å². The predicted molar refractivity (Wildman–Crippen MR) is 93.1 cm³/mol. The summed E-state index contributed by atoms with van der Waals surface area (Å²) in [5, 5.41) is 2.83. The topological polar surface area (TPSA) is 49.4 Å². The number of hydrogen-bond acceptors (Lipinski definition) is 2. The largest absolute Gasteiger partial charge is 0.339 e. The Hall–Kier alpha value is -2.40. The highest BCUT2D eigenvalue weighted by Crippen LogP contribution is 2.24. The first-order chi connectivity index (χ1) is 11.5. The van der Waals surface area contributed by atoms with Gasteiger partial charge in [-0.05, 0) is 44.2 Å². The first-order valence-electron chi connectivity index (χ1n) is 7.62. The lowest BCUT2D eigenvalue weighted by atomic mass is 10.1. The Kier molecular flexibility index (Phi) is 5.93. The molecule has 0 spiro atoms. The highest BCUT2D eigenvalue weighted by molar-refractivity contribution is 6.34. The number of anilines is 1. The van der Waals surface area contributed by atoms with Gasteiger partial charge in [-0.1, -0.05) is 23.7 Å². The Labute approximate surface area is 145 Å². The normalized spacial score (nSPS) is 10.3. The summed E-state index contributed by atoms with van der Waals surface area (Å²) in [6.45, 7) is 4.93. The van der Waals surface area contributed by atoms with E-state index in [0.29, 0.717) is 18.7 Å². The second-order valence-corrected chi connectivity index (χ2v) is 5.51. The molecule has 0 atom stereocenters. The van der Waals surface area contributed by atoms with Crippen molar-refractivity contribution in [3.05, 3.63) is 64.4 Å². The molecule has 0 saturated heterocycles. The van der Waals surface area contributed by atoms with Crippen molar-refractivity contribution in [1.29, 1.82) is 0 Å². The number of amides is 2. The van der Waals surface area contributed by atoms with Gasteiger partial charge in [0.15, 0.2) is 0 Å². The summed E-state index contributed by atoms with van der Waals surface area (Å²) in [5.41, 5.74) is 0.587. The highest BCUT2D eigenvalue weighted by Gasteiger charge is 2.16. The van der Waals surface area contributed by atoms with E-state index in [1.807, 2.05) is 13.8 Å². The van der Waals surface area contributed by atoms with Crippen molar-refractivity contribution >= 4 is 29.1 Å². The Bertz CT molecular complexity index is 760. The second kappa shape index (κ2) is 7.93. The lowest BCUT2D eigenvalue weighted by Gasteiger charge is -2.19. The molecule has 0 saturated carbocycles. The van der Waals surface area contributed by atoms with E-state index in [4.69, 9.17) is 11.6 Å². The van der Waals surface area contributed by atoms with Crippen LogP contribution >= 0.6 is 11.6 Å². The average Bonchev–Trinajstić information content (AvgIpc) is 2.58. The van der Waals surface area contributed by atoms with Crippen molar-refractivity contribution in [1.82, 2.24) is 4.90 Å². The first kappa shape index (κ1) is 17.9. The fourth-order valence-electron chi connectivity index (χ4n) is 2.28. The third-order valence-electron chi connectivity index (χ3n) is 3.63. The number of hydrogen-bond donors (Lipinski definition) is 1. The first-order valence-corrected chi connectivity index (χ1v) is 8.00. The molecular formula is C18H18ClFN2O2. The van der Waals surface area contributed by atoms with Crippen LogP contribution in [0.3, 0.4) is 0 Å². The van der Waals surface area contributed by atoms with Crippen LogP contribution in [0.25, 0.3) is 0 Å². The summed E-state index contributed by atoms with van der Waals surface area (Å²) in [5.74, 6) is -1.40. The third kappa shape index (κ3) is 3.92. The smallest absolute Gasteiger partial charge is 0.258 e. The Balaban J connectivity index is 2.28. The van der Waals surface area contributed by atoms with E-state index in [9.17, 15) is 14.0 Å². The minimum absolute atomic E-state index is 0.0889. The summed E-state index contributed by atoms with van der Waals surface area (Å²) in [6.07, 6.45) is 0. The fourth-order valence-corrected chi connectivity index (χ4v) is 2.45. The average molecular weight is 349 g/mol. The molecule has 0 fully saturated rings. The van der Waals surface area contributed by atoms with Gasteiger partial charge in [0.25, 0.3) is 11.8 Å². The van der Waals surface area contributed by atoms with Gasteiger partial charge in [-0.2, -0.15) is 0 Å². The summed E-state index contributed by atoms with van der Waals surface area (Å²) >= 11 is 6.09. The van der Waals surface area contributed by atoms with E-state index in [0.717, 1.165) is 0 Å². The van der Waals surface area contributed by atoms with Gasteiger partial charge in [0.2, 0.25) is 0 Å². The van der Waals surface area contributed by atoms with E-state index >= 15 is 0 Å². The number of benzene rings is 2. The van der Waals surface area contributed by atoms with Crippen LogP contribution in [0.15, 0.2) is 42.5 Å². The molecule has 0 aliphatic carbocycles. The zero-order valence-corrected chi connectivity index (χ0v) is 14.2. The van der Waals surface area contributed by atoms with Crippen LogP contribution in [-0.4, -0.2) is 29.8 Å². The number of rotatable bonds is 5. The molecule has 0 radical (unpaired) electrons. The number of carbonyl (C=O) groups is 2. The van der Waals surface area contributed by atoms with Crippen molar-refractivity contribution in [3.63, 3.8) is 0 Å². The minimum Gasteiger partial charge on any atom is -0.339 e. The molecule has 2 aromatic rings. The molecule has 0 aliphatic heterocycles. The number of nitrogens with one attached hydrogen (secondary N) is 1. The zero-order valence-electron chi connectivity index (χ0n) is 13.5. The molecule has 0 bridgehead atoms. The molecule has 2 aromatic carbocycles. The van der Waals surface area contributed by atoms with Crippen molar-refractivity contribution in [2.75, 3.05) is 18.4 Å². The summed E-state index contributed by atoms with van der Waals surface area (Å²) in [6, 6.07) is 10.3. The Morgan fingerprint density at radius 2 is 1.79 bits per heavy atom. The molecule has 126 valence electrons. The van der Waals surface area contributed by atoms with E-state index in [-0.39, 0.29) is 22.2 Å². The van der Waals surface area contributed by atoms with Crippen molar-refractivity contribution in [3.8, 4) is 0 Å². The van der Waals surface area contributed by atoms with Gasteiger partial charge in [-0.3, -0.25) is 9.59 Å². The van der Waals surface area contributed by atoms with Gasteiger partial charge >= 0.3 is 0 Å². The van der Waals surface area contributed by atoms with E-state index in [1.54, 1.807) is 17.0 Å². The summed E-state index contributed by atoms with van der Waals surface area (Å²) in [4.78, 5) is 26.3. The summed E-state index contributed by atoms with van der Waals surface area (Å²) in [7, 11) is 0. The molecular weight excluding hydrogens is 331 g/mol. The van der Waals surface area contributed by atoms with Crippen molar-refractivity contribution < 1.29 is 14.0 Å². The van der Waals surface area contributed by atoms with Crippen LogP contribution < -0.4 is 5.32 Å². The molecule has 0 aromatic heterocycles. The van der Waals surface area contributed by atoms with E-state index in [1.165, 1.54) is 30.3 Å². The molecule has 6 heteroatoms. The lowest BCUT2D eigenvalue weighted by Crippen LogP contribution is -2.30. The molecule has 2 amide bonds. The molecule has 0 heterocycles. The lowest BCUT2D eigenvalue weighted by molar-refractivity contribution is 0.0772. The van der Waals surface area contributed by atoms with Gasteiger partial charge < -0.3 is 10.2 Å². The van der Waals surface area contributed by atoms with Crippen LogP contribution in [0.2, 0.25) is 5.02 Å². The molecule has 24 heavy (non-hydrogen) atoms. The molecule has 1 N–H and O–H groups in total. The van der Waals surface area contributed by atoms with Crippen LogP contribution in [0.1, 0.15) is 34.6 Å². The molecule has 2 rings (SSSR count). The quantitative estimate of drug-likeness (QED) is 0.879. The number of halogens is 2. The Morgan fingerprint density at radius 1 is 1.12 bits per heavy atom. The predicted octanol–water partition coefficient (Wildman–Crippen LogP) is 4.21. The molecule has 4 nitrogen and oxygen atoms in total. The zero-order chi connectivity index (χ0) is 17.7. The third-order valence-corrected chi connectivity index (χ3v) is 3.96.